The second-order valence-corrected chi connectivity index (χ2v) is 5.95. The van der Waals surface area contributed by atoms with Gasteiger partial charge in [-0.3, -0.25) is 4.79 Å². The largest absolute Gasteiger partial charge is 0.481 e. The van der Waals surface area contributed by atoms with E-state index < -0.39 is 11.6 Å². The summed E-state index contributed by atoms with van der Waals surface area (Å²) < 4.78 is 0. The van der Waals surface area contributed by atoms with E-state index in [9.17, 15) is 9.90 Å². The van der Waals surface area contributed by atoms with Crippen molar-refractivity contribution in [3.8, 4) is 0 Å². The summed E-state index contributed by atoms with van der Waals surface area (Å²) >= 11 is 0. The van der Waals surface area contributed by atoms with Crippen molar-refractivity contribution in [3.63, 3.8) is 0 Å². The van der Waals surface area contributed by atoms with Crippen molar-refractivity contribution in [1.82, 2.24) is 4.90 Å². The number of aliphatic hydroxyl groups is 1. The normalized spacial score (nSPS) is 35.6. The number of aliphatic carboxylic acids is 1. The predicted octanol–water partition coefficient (Wildman–Crippen LogP) is 0.415. The van der Waals surface area contributed by atoms with E-state index in [1.165, 1.54) is 0 Å². The molecular formula is C13H24N2O3. The molecule has 5 nitrogen and oxygen atoms in total. The molecule has 0 amide bonds. The van der Waals surface area contributed by atoms with Crippen LogP contribution in [0.4, 0.5) is 0 Å². The molecule has 1 aliphatic heterocycles. The van der Waals surface area contributed by atoms with Gasteiger partial charge in [-0.25, -0.2) is 0 Å². The minimum absolute atomic E-state index is 0.264. The highest BCUT2D eigenvalue weighted by Crippen LogP contribution is 2.33. The lowest BCUT2D eigenvalue weighted by Gasteiger charge is -2.40. The maximum absolute atomic E-state index is 10.9. The van der Waals surface area contributed by atoms with Crippen molar-refractivity contribution in [2.24, 2.45) is 11.7 Å². The van der Waals surface area contributed by atoms with Crippen molar-refractivity contribution >= 4 is 5.97 Å². The fourth-order valence-electron chi connectivity index (χ4n) is 3.09. The fraction of sp³-hybridized carbons (Fsp3) is 0.923. The molecule has 0 aromatic rings. The Bertz CT molecular complexity index is 293. The van der Waals surface area contributed by atoms with Crippen molar-refractivity contribution in [3.05, 3.63) is 0 Å². The van der Waals surface area contributed by atoms with E-state index in [2.05, 4.69) is 4.90 Å². The van der Waals surface area contributed by atoms with Gasteiger partial charge in [0.1, 0.15) is 0 Å². The minimum Gasteiger partial charge on any atom is -0.481 e. The van der Waals surface area contributed by atoms with Crippen molar-refractivity contribution in [2.75, 3.05) is 19.6 Å². The first-order valence-corrected chi connectivity index (χ1v) is 6.92. The maximum Gasteiger partial charge on any atom is 0.306 e. The number of carbonyl (C=O) groups is 1. The van der Waals surface area contributed by atoms with Gasteiger partial charge in [0.05, 0.1) is 11.5 Å². The SMILES string of the molecule is NC1CCN(CC2(O)CCC(C(=O)O)CC2)CC1. The van der Waals surface area contributed by atoms with Gasteiger partial charge < -0.3 is 20.8 Å². The molecule has 1 aliphatic carbocycles. The van der Waals surface area contributed by atoms with E-state index in [0.29, 0.717) is 38.3 Å². The van der Waals surface area contributed by atoms with Crippen LogP contribution < -0.4 is 5.73 Å². The van der Waals surface area contributed by atoms with E-state index >= 15 is 0 Å². The Balaban J connectivity index is 1.80. The quantitative estimate of drug-likeness (QED) is 0.681. The van der Waals surface area contributed by atoms with Crippen LogP contribution in [0.5, 0.6) is 0 Å². The average molecular weight is 256 g/mol. The number of carboxylic acids is 1. The van der Waals surface area contributed by atoms with E-state index in [0.717, 1.165) is 25.9 Å². The zero-order chi connectivity index (χ0) is 13.2. The lowest BCUT2D eigenvalue weighted by Crippen LogP contribution is -2.49. The molecule has 0 unspecified atom stereocenters. The number of rotatable bonds is 3. The van der Waals surface area contributed by atoms with Crippen molar-refractivity contribution in [1.29, 1.82) is 0 Å². The second kappa shape index (κ2) is 5.55. The monoisotopic (exact) mass is 256 g/mol. The Morgan fingerprint density at radius 3 is 2.28 bits per heavy atom. The second-order valence-electron chi connectivity index (χ2n) is 5.95. The number of hydrogen-bond donors (Lipinski definition) is 3. The molecule has 2 fully saturated rings. The molecule has 1 saturated carbocycles. The zero-order valence-corrected chi connectivity index (χ0v) is 10.8. The van der Waals surface area contributed by atoms with Crippen LogP contribution >= 0.6 is 0 Å². The van der Waals surface area contributed by atoms with Gasteiger partial charge in [-0.1, -0.05) is 0 Å². The Morgan fingerprint density at radius 1 is 1.22 bits per heavy atom. The first-order valence-electron chi connectivity index (χ1n) is 6.92. The fourth-order valence-corrected chi connectivity index (χ4v) is 3.09. The third-order valence-electron chi connectivity index (χ3n) is 4.42. The molecule has 18 heavy (non-hydrogen) atoms. The van der Waals surface area contributed by atoms with Gasteiger partial charge in [0, 0.05) is 12.6 Å². The molecule has 104 valence electrons. The van der Waals surface area contributed by atoms with Gasteiger partial charge in [0.2, 0.25) is 0 Å². The highest BCUT2D eigenvalue weighted by atomic mass is 16.4. The summed E-state index contributed by atoms with van der Waals surface area (Å²) in [6.07, 6.45) is 4.39. The molecule has 1 heterocycles. The van der Waals surface area contributed by atoms with Crippen LogP contribution in [0.3, 0.4) is 0 Å². The minimum atomic E-state index is -0.721. The van der Waals surface area contributed by atoms with Gasteiger partial charge >= 0.3 is 5.97 Å². The summed E-state index contributed by atoms with van der Waals surface area (Å²) in [5, 5.41) is 19.5. The van der Waals surface area contributed by atoms with Crippen LogP contribution in [0.2, 0.25) is 0 Å². The Kier molecular flexibility index (Phi) is 4.25. The number of nitrogens with two attached hydrogens (primary N) is 1. The van der Waals surface area contributed by atoms with E-state index in [4.69, 9.17) is 10.8 Å². The molecule has 0 atom stereocenters. The number of nitrogens with zero attached hydrogens (tertiary/aromatic N) is 1. The standard InChI is InChI=1S/C13H24N2O3/c14-11-3-7-15(8-4-11)9-13(18)5-1-10(2-6-13)12(16)17/h10-11,18H,1-9,14H2,(H,16,17). The summed E-state index contributed by atoms with van der Waals surface area (Å²) in [6.45, 7) is 2.57. The molecule has 0 radical (unpaired) electrons. The summed E-state index contributed by atoms with van der Waals surface area (Å²) in [5.41, 5.74) is 5.17. The highest BCUT2D eigenvalue weighted by Gasteiger charge is 2.37. The third-order valence-corrected chi connectivity index (χ3v) is 4.42. The number of piperidine rings is 1. The topological polar surface area (TPSA) is 86.8 Å². The van der Waals surface area contributed by atoms with E-state index in [-0.39, 0.29) is 5.92 Å². The molecular weight excluding hydrogens is 232 g/mol. The summed E-state index contributed by atoms with van der Waals surface area (Å²) in [4.78, 5) is 13.2. The molecule has 0 bridgehead atoms. The predicted molar refractivity (Wildman–Crippen MR) is 68.2 cm³/mol. The van der Waals surface area contributed by atoms with Crippen LogP contribution in [0, 0.1) is 5.92 Å². The van der Waals surface area contributed by atoms with Crippen molar-refractivity contribution < 1.29 is 15.0 Å². The van der Waals surface area contributed by atoms with E-state index in [1.807, 2.05) is 0 Å². The van der Waals surface area contributed by atoms with Gasteiger partial charge in [0.15, 0.2) is 0 Å². The number of likely N-dealkylation sites (tertiary alicyclic amines) is 1. The lowest BCUT2D eigenvalue weighted by molar-refractivity contribution is -0.145. The van der Waals surface area contributed by atoms with Gasteiger partial charge in [-0.15, -0.1) is 0 Å². The molecule has 1 saturated heterocycles. The Morgan fingerprint density at radius 2 is 1.78 bits per heavy atom. The first-order chi connectivity index (χ1) is 8.48. The Labute approximate surface area is 108 Å². The summed E-state index contributed by atoms with van der Waals surface area (Å²) in [7, 11) is 0. The average Bonchev–Trinajstić information content (AvgIpc) is 2.32. The van der Waals surface area contributed by atoms with Gasteiger partial charge in [-0.05, 0) is 51.6 Å². The highest BCUT2D eigenvalue weighted by molar-refractivity contribution is 5.70. The van der Waals surface area contributed by atoms with Crippen LogP contribution in [-0.2, 0) is 4.79 Å². The van der Waals surface area contributed by atoms with Crippen LogP contribution in [0.1, 0.15) is 38.5 Å². The molecule has 0 spiro atoms. The number of β-amino-alcohol motifs (C(OH)–C–C–N with tert-alkyl or cyclic N) is 1. The molecule has 4 N–H and O–H groups in total. The molecule has 2 aliphatic rings. The number of carboxylic acid groups (broad SMARTS) is 1. The first kappa shape index (κ1) is 13.8. The lowest BCUT2D eigenvalue weighted by atomic mass is 9.78. The van der Waals surface area contributed by atoms with E-state index in [1.54, 1.807) is 0 Å². The Hall–Kier alpha value is -0.650. The maximum atomic E-state index is 10.9. The van der Waals surface area contributed by atoms with Crippen molar-refractivity contribution in [2.45, 2.75) is 50.2 Å². The van der Waals surface area contributed by atoms with Crippen LogP contribution in [-0.4, -0.2) is 52.4 Å². The number of hydrogen-bond acceptors (Lipinski definition) is 4. The van der Waals surface area contributed by atoms with Gasteiger partial charge in [0.25, 0.3) is 0 Å². The molecule has 5 heteroatoms. The van der Waals surface area contributed by atoms with Crippen LogP contribution in [0.15, 0.2) is 0 Å². The molecule has 0 aromatic heterocycles. The molecule has 2 rings (SSSR count). The molecule has 0 aromatic carbocycles. The summed E-state index contributed by atoms with van der Waals surface area (Å²) in [6, 6.07) is 0.304. The third kappa shape index (κ3) is 3.43. The smallest absolute Gasteiger partial charge is 0.306 e. The van der Waals surface area contributed by atoms with Crippen LogP contribution in [0.25, 0.3) is 0 Å². The summed E-state index contributed by atoms with van der Waals surface area (Å²) in [5.74, 6) is -0.985. The van der Waals surface area contributed by atoms with Gasteiger partial charge in [-0.2, -0.15) is 0 Å². The zero-order valence-electron chi connectivity index (χ0n) is 10.8.